The molecule has 0 spiro atoms. The quantitative estimate of drug-likeness (QED) is 0.595. The van der Waals surface area contributed by atoms with E-state index >= 15 is 0 Å². The van der Waals surface area contributed by atoms with E-state index in [1.165, 1.54) is 12.1 Å². The molecule has 1 aliphatic heterocycles. The molecular formula is C24H23F3N2O5. The fourth-order valence-corrected chi connectivity index (χ4v) is 4.55. The number of ketones is 1. The van der Waals surface area contributed by atoms with Crippen molar-refractivity contribution < 1.29 is 37.4 Å². The Balaban J connectivity index is 1.52. The number of phenolic OH excluding ortho intramolecular Hbond substituents is 1. The fourth-order valence-electron chi connectivity index (χ4n) is 4.55. The number of carbonyl (C=O) groups excluding carboxylic acids is 3. The lowest BCUT2D eigenvalue weighted by atomic mass is 9.89. The zero-order chi connectivity index (χ0) is 24.5. The molecule has 2 aromatic carbocycles. The number of carbonyl (C=O) groups is 3. The second kappa shape index (κ2) is 9.09. The van der Waals surface area contributed by atoms with Gasteiger partial charge in [0, 0.05) is 12.1 Å². The number of aromatic hydroxyl groups is 1. The maximum atomic E-state index is 13.3. The molecule has 2 aromatic rings. The van der Waals surface area contributed by atoms with Crippen LogP contribution in [-0.2, 0) is 20.5 Å². The summed E-state index contributed by atoms with van der Waals surface area (Å²) in [6.07, 6.45) is -3.11. The molecule has 1 heterocycles. The van der Waals surface area contributed by atoms with Crippen LogP contribution in [0.1, 0.15) is 46.7 Å². The predicted molar refractivity (Wildman–Crippen MR) is 114 cm³/mol. The molecule has 0 bridgehead atoms. The van der Waals surface area contributed by atoms with E-state index in [2.05, 4.69) is 10.6 Å². The van der Waals surface area contributed by atoms with Gasteiger partial charge in [0.1, 0.15) is 17.9 Å². The molecule has 2 aliphatic rings. The highest BCUT2D eigenvalue weighted by Gasteiger charge is 2.55. The van der Waals surface area contributed by atoms with Crippen LogP contribution in [0.5, 0.6) is 5.75 Å². The summed E-state index contributed by atoms with van der Waals surface area (Å²) in [5.41, 5.74) is -1.59. The highest BCUT2D eigenvalue weighted by Crippen LogP contribution is 2.38. The molecule has 0 radical (unpaired) electrons. The van der Waals surface area contributed by atoms with Crippen LogP contribution in [0.2, 0.25) is 0 Å². The van der Waals surface area contributed by atoms with E-state index in [1.807, 2.05) is 0 Å². The Morgan fingerprint density at radius 1 is 1.18 bits per heavy atom. The molecule has 10 heteroatoms. The lowest BCUT2D eigenvalue weighted by Gasteiger charge is -2.30. The number of ether oxygens (including phenoxy) is 1. The highest BCUT2D eigenvalue weighted by molar-refractivity contribution is 5.98. The number of halogens is 3. The average molecular weight is 476 g/mol. The number of hydrogen-bond acceptors (Lipinski definition) is 5. The highest BCUT2D eigenvalue weighted by atomic mass is 19.4. The van der Waals surface area contributed by atoms with E-state index in [4.69, 9.17) is 4.74 Å². The maximum absolute atomic E-state index is 13.3. The van der Waals surface area contributed by atoms with Crippen LogP contribution in [0.4, 0.5) is 13.2 Å². The van der Waals surface area contributed by atoms with Gasteiger partial charge in [-0.2, -0.15) is 13.2 Å². The van der Waals surface area contributed by atoms with E-state index in [9.17, 15) is 32.7 Å². The zero-order valence-electron chi connectivity index (χ0n) is 18.0. The molecule has 0 aromatic heterocycles. The van der Waals surface area contributed by atoms with E-state index in [0.29, 0.717) is 18.4 Å². The molecule has 2 amide bonds. The first-order chi connectivity index (χ1) is 16.1. The number of hydrogen-bond donors (Lipinski definition) is 3. The third kappa shape index (κ3) is 4.63. The van der Waals surface area contributed by atoms with Crippen LogP contribution in [0.25, 0.3) is 0 Å². The number of nitrogens with one attached hydrogen (secondary N) is 2. The Labute approximate surface area is 193 Å². The van der Waals surface area contributed by atoms with Gasteiger partial charge in [-0.1, -0.05) is 12.1 Å². The molecule has 3 N–H and O–H groups in total. The Morgan fingerprint density at radius 3 is 2.59 bits per heavy atom. The monoisotopic (exact) mass is 476 g/mol. The first-order valence-electron chi connectivity index (χ1n) is 10.8. The second-order valence-corrected chi connectivity index (χ2v) is 8.51. The first kappa shape index (κ1) is 23.7. The van der Waals surface area contributed by atoms with Gasteiger partial charge in [-0.25, -0.2) is 0 Å². The van der Waals surface area contributed by atoms with Gasteiger partial charge in [0.05, 0.1) is 17.6 Å². The number of fused-ring (bicyclic) bond motifs is 1. The Bertz CT molecular complexity index is 1100. The van der Waals surface area contributed by atoms with Crippen molar-refractivity contribution >= 4 is 17.6 Å². The van der Waals surface area contributed by atoms with Crippen LogP contribution < -0.4 is 10.6 Å². The van der Waals surface area contributed by atoms with Gasteiger partial charge in [0.2, 0.25) is 5.91 Å². The minimum Gasteiger partial charge on any atom is -0.508 e. The molecule has 2 fully saturated rings. The van der Waals surface area contributed by atoms with Crippen LogP contribution in [0.3, 0.4) is 0 Å². The topological polar surface area (TPSA) is 105 Å². The Kier molecular flexibility index (Phi) is 6.35. The van der Waals surface area contributed by atoms with Crippen molar-refractivity contribution in [3.05, 3.63) is 65.2 Å². The molecule has 1 saturated heterocycles. The largest absolute Gasteiger partial charge is 0.508 e. The molecular weight excluding hydrogens is 453 g/mol. The van der Waals surface area contributed by atoms with E-state index in [1.54, 1.807) is 12.1 Å². The summed E-state index contributed by atoms with van der Waals surface area (Å²) < 4.78 is 43.9. The molecule has 7 nitrogen and oxygen atoms in total. The number of Topliss-reactive ketones (excluding diaryl/α,β-unsaturated/α-hetero) is 1. The summed E-state index contributed by atoms with van der Waals surface area (Å²) in [6.45, 7) is -0.280. The van der Waals surface area contributed by atoms with Crippen molar-refractivity contribution in [2.24, 2.45) is 0 Å². The van der Waals surface area contributed by atoms with Crippen molar-refractivity contribution in [1.82, 2.24) is 10.6 Å². The van der Waals surface area contributed by atoms with Crippen LogP contribution in [-0.4, -0.2) is 47.5 Å². The SMILES string of the molecule is O=C(NCC(C(=O)NC12CCCC1OCC2=O)c1cccc(O)c1)c1ccc(C(F)(F)F)cc1. The second-order valence-electron chi connectivity index (χ2n) is 8.51. The summed E-state index contributed by atoms with van der Waals surface area (Å²) in [5, 5.41) is 15.3. The zero-order valence-corrected chi connectivity index (χ0v) is 18.0. The minimum atomic E-state index is -4.52. The smallest absolute Gasteiger partial charge is 0.416 e. The van der Waals surface area contributed by atoms with E-state index in [0.717, 1.165) is 30.7 Å². The summed E-state index contributed by atoms with van der Waals surface area (Å²) in [6, 6.07) is 9.67. The molecule has 34 heavy (non-hydrogen) atoms. The molecule has 3 atom stereocenters. The van der Waals surface area contributed by atoms with Gasteiger partial charge in [0.25, 0.3) is 5.91 Å². The minimum absolute atomic E-state index is 0.00288. The molecule has 1 saturated carbocycles. The van der Waals surface area contributed by atoms with Crippen LogP contribution >= 0.6 is 0 Å². The molecule has 3 unspecified atom stereocenters. The maximum Gasteiger partial charge on any atom is 0.416 e. The molecule has 180 valence electrons. The number of rotatable bonds is 6. The summed E-state index contributed by atoms with van der Waals surface area (Å²) in [4.78, 5) is 38.4. The number of benzene rings is 2. The van der Waals surface area contributed by atoms with Crippen molar-refractivity contribution in [3.63, 3.8) is 0 Å². The molecule has 4 rings (SSSR count). The van der Waals surface area contributed by atoms with E-state index in [-0.39, 0.29) is 30.2 Å². The van der Waals surface area contributed by atoms with Gasteiger partial charge in [-0.05, 0) is 61.2 Å². The van der Waals surface area contributed by atoms with Crippen molar-refractivity contribution in [3.8, 4) is 5.75 Å². The molecule has 1 aliphatic carbocycles. The van der Waals surface area contributed by atoms with Gasteiger partial charge in [-0.3, -0.25) is 14.4 Å². The lowest BCUT2D eigenvalue weighted by Crippen LogP contribution is -2.57. The van der Waals surface area contributed by atoms with Gasteiger partial charge in [-0.15, -0.1) is 0 Å². The fraction of sp³-hybridized carbons (Fsp3) is 0.375. The van der Waals surface area contributed by atoms with Gasteiger partial charge >= 0.3 is 6.18 Å². The average Bonchev–Trinajstić information content (AvgIpc) is 3.32. The summed E-state index contributed by atoms with van der Waals surface area (Å²) in [5.74, 6) is -2.43. The van der Waals surface area contributed by atoms with Gasteiger partial charge in [0.15, 0.2) is 5.78 Å². The van der Waals surface area contributed by atoms with Crippen LogP contribution in [0.15, 0.2) is 48.5 Å². The van der Waals surface area contributed by atoms with Crippen molar-refractivity contribution in [2.45, 2.75) is 43.0 Å². The number of amides is 2. The van der Waals surface area contributed by atoms with Crippen LogP contribution in [0, 0.1) is 0 Å². The number of alkyl halides is 3. The van der Waals surface area contributed by atoms with Crippen molar-refractivity contribution in [2.75, 3.05) is 13.2 Å². The first-order valence-corrected chi connectivity index (χ1v) is 10.8. The van der Waals surface area contributed by atoms with Gasteiger partial charge < -0.3 is 20.5 Å². The third-order valence-electron chi connectivity index (χ3n) is 6.38. The lowest BCUT2D eigenvalue weighted by molar-refractivity contribution is -0.137. The standard InChI is InChI=1S/C24H23F3N2O5/c25-24(26,27)16-8-6-14(7-9-16)21(32)28-12-18(15-3-1-4-17(30)11-15)22(33)29-23-10-2-5-20(23)34-13-19(23)31/h1,3-4,6-9,11,18,20,30H,2,5,10,12-13H2,(H,28,32)(H,29,33). The summed E-state index contributed by atoms with van der Waals surface area (Å²) in [7, 11) is 0. The van der Waals surface area contributed by atoms with E-state index < -0.39 is 41.1 Å². The third-order valence-corrected chi connectivity index (χ3v) is 6.38. The van der Waals surface area contributed by atoms with Crippen molar-refractivity contribution in [1.29, 1.82) is 0 Å². The number of phenols is 1. The normalized spacial score (nSPS) is 22.8. The Hall–Kier alpha value is -3.40. The predicted octanol–water partition coefficient (Wildman–Crippen LogP) is 2.93. The Morgan fingerprint density at radius 2 is 1.91 bits per heavy atom. The summed E-state index contributed by atoms with van der Waals surface area (Å²) >= 11 is 0.